The zero-order valence-electron chi connectivity index (χ0n) is 9.67. The van der Waals surface area contributed by atoms with Crippen molar-refractivity contribution in [1.82, 2.24) is 4.98 Å². The molecule has 0 aliphatic carbocycles. The number of aromatic nitrogens is 2. The Labute approximate surface area is 100 Å². The molecule has 82 valence electrons. The molecule has 1 heterocycles. The molecule has 3 rings (SSSR count). The molecule has 2 nitrogen and oxygen atoms in total. The molecule has 0 bridgehead atoms. The lowest BCUT2D eigenvalue weighted by molar-refractivity contribution is -0.647. The van der Waals surface area contributed by atoms with E-state index in [1.165, 1.54) is 10.9 Å². The van der Waals surface area contributed by atoms with Gasteiger partial charge in [-0.3, -0.25) is 0 Å². The van der Waals surface area contributed by atoms with Crippen molar-refractivity contribution >= 4 is 10.9 Å². The van der Waals surface area contributed by atoms with Crippen LogP contribution in [0.3, 0.4) is 0 Å². The van der Waals surface area contributed by atoms with Crippen LogP contribution in [0.4, 0.5) is 0 Å². The predicted molar refractivity (Wildman–Crippen MR) is 68.4 cm³/mol. The first-order valence-corrected chi connectivity index (χ1v) is 5.65. The van der Waals surface area contributed by atoms with Crippen LogP contribution in [0.5, 0.6) is 0 Å². The molecule has 2 aromatic carbocycles. The second-order valence-corrected chi connectivity index (χ2v) is 4.09. The average molecular weight is 221 g/mol. The highest BCUT2D eigenvalue weighted by molar-refractivity contribution is 5.90. The summed E-state index contributed by atoms with van der Waals surface area (Å²) in [6.07, 6.45) is 1.87. The third-order valence-electron chi connectivity index (χ3n) is 2.95. The fraction of sp³-hybridized carbons (Fsp3) is 0.0667. The van der Waals surface area contributed by atoms with Gasteiger partial charge in [0.1, 0.15) is 5.52 Å². The monoisotopic (exact) mass is 221 g/mol. The Bertz CT molecular complexity index is 660. The van der Waals surface area contributed by atoms with Gasteiger partial charge in [0.2, 0.25) is 0 Å². The summed E-state index contributed by atoms with van der Waals surface area (Å²) in [6, 6.07) is 18.6. The summed E-state index contributed by atoms with van der Waals surface area (Å²) >= 11 is 0. The van der Waals surface area contributed by atoms with E-state index in [1.54, 1.807) is 0 Å². The summed E-state index contributed by atoms with van der Waals surface area (Å²) in [5.74, 6) is 0. The SMILES string of the molecule is C[n+]1cnc(-c2ccccc2)c2ccccc21. The summed E-state index contributed by atoms with van der Waals surface area (Å²) in [7, 11) is 2.02. The van der Waals surface area contributed by atoms with Gasteiger partial charge in [0.15, 0.2) is 5.69 Å². The van der Waals surface area contributed by atoms with E-state index >= 15 is 0 Å². The molecular formula is C15H13N2+. The summed E-state index contributed by atoms with van der Waals surface area (Å²) in [5.41, 5.74) is 3.39. The van der Waals surface area contributed by atoms with Crippen LogP contribution in [0.1, 0.15) is 0 Å². The van der Waals surface area contributed by atoms with Gasteiger partial charge in [0.05, 0.1) is 12.4 Å². The van der Waals surface area contributed by atoms with Crippen LogP contribution in [0.15, 0.2) is 60.9 Å². The van der Waals surface area contributed by atoms with Gasteiger partial charge in [-0.15, -0.1) is 0 Å². The quantitative estimate of drug-likeness (QED) is 0.577. The summed E-state index contributed by atoms with van der Waals surface area (Å²) in [5, 5.41) is 1.18. The van der Waals surface area contributed by atoms with Crippen LogP contribution >= 0.6 is 0 Å². The number of hydrogen-bond acceptors (Lipinski definition) is 1. The molecule has 1 aromatic heterocycles. The maximum absolute atomic E-state index is 4.54. The summed E-state index contributed by atoms with van der Waals surface area (Å²) in [6.45, 7) is 0. The van der Waals surface area contributed by atoms with Gasteiger partial charge in [-0.1, -0.05) is 42.5 Å². The van der Waals surface area contributed by atoms with Crippen LogP contribution in [0.25, 0.3) is 22.2 Å². The third kappa shape index (κ3) is 1.68. The van der Waals surface area contributed by atoms with Gasteiger partial charge in [0, 0.05) is 5.56 Å². The molecule has 0 aliphatic rings. The van der Waals surface area contributed by atoms with E-state index in [0.717, 1.165) is 11.3 Å². The van der Waals surface area contributed by atoms with Crippen molar-refractivity contribution in [2.75, 3.05) is 0 Å². The first kappa shape index (κ1) is 9.97. The Kier molecular flexibility index (Phi) is 2.33. The Morgan fingerprint density at radius 1 is 0.882 bits per heavy atom. The number of benzene rings is 2. The Morgan fingerprint density at radius 2 is 1.59 bits per heavy atom. The van der Waals surface area contributed by atoms with Gasteiger partial charge in [-0.25, -0.2) is 4.57 Å². The molecular weight excluding hydrogens is 208 g/mol. The largest absolute Gasteiger partial charge is 0.287 e. The van der Waals surface area contributed by atoms with E-state index < -0.39 is 0 Å². The van der Waals surface area contributed by atoms with E-state index in [-0.39, 0.29) is 0 Å². The zero-order chi connectivity index (χ0) is 11.7. The minimum atomic E-state index is 1.04. The molecule has 0 saturated heterocycles. The molecule has 0 spiro atoms. The van der Waals surface area contributed by atoms with Crippen molar-refractivity contribution in [2.24, 2.45) is 7.05 Å². The predicted octanol–water partition coefficient (Wildman–Crippen LogP) is 2.73. The van der Waals surface area contributed by atoms with E-state index in [2.05, 4.69) is 41.4 Å². The molecule has 2 heteroatoms. The molecule has 17 heavy (non-hydrogen) atoms. The Balaban J connectivity index is 2.35. The maximum atomic E-state index is 4.54. The fourth-order valence-electron chi connectivity index (χ4n) is 2.08. The maximum Gasteiger partial charge on any atom is 0.287 e. The van der Waals surface area contributed by atoms with Gasteiger partial charge in [-0.2, -0.15) is 0 Å². The number of rotatable bonds is 1. The van der Waals surface area contributed by atoms with Crippen molar-refractivity contribution in [3.8, 4) is 11.3 Å². The smallest absolute Gasteiger partial charge is 0.232 e. The zero-order valence-corrected chi connectivity index (χ0v) is 9.67. The van der Waals surface area contributed by atoms with Gasteiger partial charge >= 0.3 is 0 Å². The minimum Gasteiger partial charge on any atom is -0.232 e. The second-order valence-electron chi connectivity index (χ2n) is 4.09. The number of hydrogen-bond donors (Lipinski definition) is 0. The lowest BCUT2D eigenvalue weighted by atomic mass is 10.1. The minimum absolute atomic E-state index is 1.04. The Morgan fingerprint density at radius 3 is 2.41 bits per heavy atom. The molecule has 0 aliphatic heterocycles. The summed E-state index contributed by atoms with van der Waals surface area (Å²) in [4.78, 5) is 4.54. The number of aryl methyl sites for hydroxylation is 1. The molecule has 0 amide bonds. The highest BCUT2D eigenvalue weighted by Crippen LogP contribution is 2.23. The van der Waals surface area contributed by atoms with Crippen molar-refractivity contribution in [3.05, 3.63) is 60.9 Å². The van der Waals surface area contributed by atoms with Crippen molar-refractivity contribution in [1.29, 1.82) is 0 Å². The van der Waals surface area contributed by atoms with Crippen LogP contribution in [0.2, 0.25) is 0 Å². The summed E-state index contributed by atoms with van der Waals surface area (Å²) < 4.78 is 2.04. The first-order chi connectivity index (χ1) is 8.36. The van der Waals surface area contributed by atoms with E-state index in [4.69, 9.17) is 0 Å². The second kappa shape index (κ2) is 3.98. The molecule has 0 N–H and O–H groups in total. The topological polar surface area (TPSA) is 16.8 Å². The third-order valence-corrected chi connectivity index (χ3v) is 2.95. The average Bonchev–Trinajstić information content (AvgIpc) is 2.41. The molecule has 0 saturated carbocycles. The van der Waals surface area contributed by atoms with Gasteiger partial charge in [0.25, 0.3) is 6.33 Å². The lowest BCUT2D eigenvalue weighted by Gasteiger charge is -2.02. The van der Waals surface area contributed by atoms with Gasteiger partial charge < -0.3 is 0 Å². The number of fused-ring (bicyclic) bond motifs is 1. The normalized spacial score (nSPS) is 10.6. The highest BCUT2D eigenvalue weighted by Gasteiger charge is 2.12. The van der Waals surface area contributed by atoms with Crippen LogP contribution in [-0.4, -0.2) is 4.98 Å². The highest BCUT2D eigenvalue weighted by atomic mass is 15.0. The van der Waals surface area contributed by atoms with Crippen molar-refractivity contribution in [2.45, 2.75) is 0 Å². The van der Waals surface area contributed by atoms with Crippen molar-refractivity contribution < 1.29 is 4.57 Å². The van der Waals surface area contributed by atoms with E-state index in [0.29, 0.717) is 0 Å². The number of nitrogens with zero attached hydrogens (tertiary/aromatic N) is 2. The van der Waals surface area contributed by atoms with E-state index in [1.807, 2.05) is 36.1 Å². The van der Waals surface area contributed by atoms with Crippen LogP contribution in [-0.2, 0) is 7.05 Å². The van der Waals surface area contributed by atoms with Crippen LogP contribution < -0.4 is 4.57 Å². The molecule has 3 aromatic rings. The standard InChI is InChI=1S/C15H13N2/c1-17-11-16-15(12-7-3-2-4-8-12)13-9-5-6-10-14(13)17/h2-11H,1H3/q+1. The van der Waals surface area contributed by atoms with Crippen LogP contribution in [0, 0.1) is 0 Å². The van der Waals surface area contributed by atoms with E-state index in [9.17, 15) is 0 Å². The van der Waals surface area contributed by atoms with Crippen molar-refractivity contribution in [3.63, 3.8) is 0 Å². The first-order valence-electron chi connectivity index (χ1n) is 5.65. The lowest BCUT2D eigenvalue weighted by Crippen LogP contribution is -2.29. The molecule has 0 radical (unpaired) electrons. The molecule has 0 fully saturated rings. The molecule has 0 unspecified atom stereocenters. The Hall–Kier alpha value is -2.22. The molecule has 0 atom stereocenters. The fourth-order valence-corrected chi connectivity index (χ4v) is 2.08. The van der Waals surface area contributed by atoms with Gasteiger partial charge in [-0.05, 0) is 17.1 Å². The number of para-hydroxylation sites is 1.